The van der Waals surface area contributed by atoms with E-state index in [0.29, 0.717) is 0 Å². The van der Waals surface area contributed by atoms with Crippen LogP contribution in [0.2, 0.25) is 0 Å². The molecule has 8 rings (SSSR count). The van der Waals surface area contributed by atoms with Crippen LogP contribution in [-0.4, -0.2) is 170 Å². The van der Waals surface area contributed by atoms with Gasteiger partial charge in [-0.15, -0.1) is 0 Å². The standard InChI is InChI=1S/C58H68N2O21/c1-29-35(26-58(74)50(80-52(71)34-21-14-9-15-22-34)48-56(6,37(64)25-38-57(48,28-75-38)81-31(3)63)49(69)46(76-30(2)62)41(29)55(58,4)5)77-54(73)47(42(32-17-10-7-11-18-32)60-51(70)33-19-12-8-13-20-33)79-40(66)24-16-23-39(65)59-43-45(68)44(67)36(27-61)78-53(43)72/h7-15,17-22,35-38,42-48,50,53,61,64,67-68,72,74H,16,23-28H2,1-6H3,(H,59,65)(H,60,70)/t35-,36+,37-,38+,42-,43+,44+,45+,46+,47+,48-,50-,53?,56+,57-,58+/m0/s1. The number of ether oxygens (including phenoxy) is 7. The lowest BCUT2D eigenvalue weighted by atomic mass is 9.44. The Balaban J connectivity index is 1.20. The summed E-state index contributed by atoms with van der Waals surface area (Å²) < 4.78 is 41.9. The highest BCUT2D eigenvalue weighted by Crippen LogP contribution is 2.64. The van der Waals surface area contributed by atoms with E-state index >= 15 is 9.59 Å². The van der Waals surface area contributed by atoms with Gasteiger partial charge in [0.15, 0.2) is 23.8 Å². The number of ketones is 1. The summed E-state index contributed by atoms with van der Waals surface area (Å²) in [6.07, 6.45) is -19.2. The molecule has 2 amide bonds. The van der Waals surface area contributed by atoms with Crippen LogP contribution in [0.5, 0.6) is 0 Å². The normalized spacial score (nSPS) is 32.7. The minimum Gasteiger partial charge on any atom is -0.455 e. The molecule has 0 spiro atoms. The molecule has 436 valence electrons. The van der Waals surface area contributed by atoms with Gasteiger partial charge in [0, 0.05) is 50.5 Å². The van der Waals surface area contributed by atoms with Crippen molar-refractivity contribution in [3.63, 3.8) is 0 Å². The van der Waals surface area contributed by atoms with Crippen molar-refractivity contribution >= 4 is 47.4 Å². The summed E-state index contributed by atoms with van der Waals surface area (Å²) in [5, 5.41) is 72.1. The summed E-state index contributed by atoms with van der Waals surface area (Å²) in [4.78, 5) is 114. The molecule has 2 saturated carbocycles. The van der Waals surface area contributed by atoms with Crippen LogP contribution >= 0.6 is 0 Å². The Bertz CT molecular complexity index is 2900. The van der Waals surface area contributed by atoms with Crippen LogP contribution < -0.4 is 10.6 Å². The van der Waals surface area contributed by atoms with Gasteiger partial charge in [0.2, 0.25) is 12.0 Å². The van der Waals surface area contributed by atoms with Crippen molar-refractivity contribution in [2.24, 2.45) is 16.7 Å². The van der Waals surface area contributed by atoms with Crippen LogP contribution in [0.25, 0.3) is 0 Å². The van der Waals surface area contributed by atoms with Crippen molar-refractivity contribution in [2.45, 2.75) is 158 Å². The van der Waals surface area contributed by atoms with Crippen molar-refractivity contribution in [1.29, 1.82) is 0 Å². The number of fused-ring (bicyclic) bond motifs is 5. The number of esters is 5. The van der Waals surface area contributed by atoms with Crippen molar-refractivity contribution in [3.05, 3.63) is 119 Å². The van der Waals surface area contributed by atoms with Crippen LogP contribution in [0.1, 0.15) is 106 Å². The third kappa shape index (κ3) is 11.4. The van der Waals surface area contributed by atoms with E-state index in [0.717, 1.165) is 13.8 Å². The fourth-order valence-corrected chi connectivity index (χ4v) is 12.4. The molecule has 0 aromatic heterocycles. The van der Waals surface area contributed by atoms with E-state index in [1.807, 2.05) is 0 Å². The number of aliphatic hydroxyl groups excluding tert-OH is 5. The van der Waals surface area contributed by atoms with E-state index in [-0.39, 0.29) is 40.7 Å². The van der Waals surface area contributed by atoms with Crippen LogP contribution in [0.4, 0.5) is 0 Å². The second-order valence-electron chi connectivity index (χ2n) is 22.0. The largest absolute Gasteiger partial charge is 0.455 e. The second kappa shape index (κ2) is 23.9. The monoisotopic (exact) mass is 1130 g/mol. The molecule has 8 N–H and O–H groups in total. The van der Waals surface area contributed by atoms with E-state index in [1.54, 1.807) is 54.6 Å². The lowest BCUT2D eigenvalue weighted by molar-refractivity contribution is -0.346. The lowest BCUT2D eigenvalue weighted by Crippen LogP contribution is -2.82. The molecule has 4 fully saturated rings. The summed E-state index contributed by atoms with van der Waals surface area (Å²) >= 11 is 0. The number of nitrogens with one attached hydrogen (secondary N) is 2. The van der Waals surface area contributed by atoms with Gasteiger partial charge in [-0.3, -0.25) is 28.8 Å². The highest BCUT2D eigenvalue weighted by molar-refractivity contribution is 5.96. The average molecular weight is 1130 g/mol. The minimum atomic E-state index is -2.55. The zero-order valence-corrected chi connectivity index (χ0v) is 45.4. The third-order valence-corrected chi connectivity index (χ3v) is 16.7. The van der Waals surface area contributed by atoms with Gasteiger partial charge in [0.25, 0.3) is 5.91 Å². The molecule has 2 bridgehead atoms. The summed E-state index contributed by atoms with van der Waals surface area (Å²) in [5.41, 5.74) is -8.07. The molecule has 16 atom stereocenters. The number of carbonyl (C=O) groups is 8. The van der Waals surface area contributed by atoms with E-state index in [2.05, 4.69) is 10.6 Å². The number of hydrogen-bond acceptors (Lipinski definition) is 21. The first kappa shape index (κ1) is 60.1. The molecule has 2 heterocycles. The number of rotatable bonds is 17. The summed E-state index contributed by atoms with van der Waals surface area (Å²) in [7, 11) is 0. The van der Waals surface area contributed by atoms with Crippen molar-refractivity contribution in [1.82, 2.24) is 10.6 Å². The Kier molecular flexibility index (Phi) is 17.7. The fraction of sp³-hybridized carbons (Fsp3) is 0.517. The Hall–Kier alpha value is -6.96. The Morgan fingerprint density at radius 2 is 1.41 bits per heavy atom. The molecule has 3 aliphatic carbocycles. The van der Waals surface area contributed by atoms with Crippen molar-refractivity contribution < 1.29 is 102 Å². The van der Waals surface area contributed by atoms with Gasteiger partial charge in [-0.05, 0) is 61.2 Å². The number of aliphatic hydroxyl groups is 6. The Labute approximate surface area is 465 Å². The van der Waals surface area contributed by atoms with Crippen LogP contribution in [-0.2, 0) is 61.9 Å². The number of amides is 2. The number of carbonyl (C=O) groups excluding carboxylic acids is 8. The first-order valence-electron chi connectivity index (χ1n) is 26.6. The SMILES string of the molecule is CC(=O)O[C@H]1C(=O)[C@@]2(C)[C@H]([C@H](OC(=O)c3ccccc3)[C@]3(O)C[C@H](OC(=O)[C@H](OC(=O)CCCC(=O)N[C@H]4C(O)O[C@H](CO)[C@@H](O)[C@@H]4O)[C@@H](NC(=O)c4ccccc4)c4ccccc4)C(C)=C1C3(C)C)[C@]1(OC(C)=O)CO[C@@H]1C[C@@H]2O. The molecule has 3 aromatic rings. The van der Waals surface area contributed by atoms with E-state index in [4.69, 9.17) is 33.2 Å². The topological polar surface area (TPSA) is 347 Å². The third-order valence-electron chi connectivity index (χ3n) is 16.7. The molecule has 0 radical (unpaired) electrons. The highest BCUT2D eigenvalue weighted by Gasteiger charge is 2.78. The summed E-state index contributed by atoms with van der Waals surface area (Å²) in [5.74, 6) is -9.39. The zero-order chi connectivity index (χ0) is 58.9. The van der Waals surface area contributed by atoms with Crippen LogP contribution in [0, 0.1) is 16.7 Å². The van der Waals surface area contributed by atoms with Gasteiger partial charge >= 0.3 is 29.8 Å². The van der Waals surface area contributed by atoms with Gasteiger partial charge in [0.05, 0.1) is 36.2 Å². The molecule has 81 heavy (non-hydrogen) atoms. The average Bonchev–Trinajstić information content (AvgIpc) is 2.40. The Morgan fingerprint density at radius 1 is 0.790 bits per heavy atom. The highest BCUT2D eigenvalue weighted by atomic mass is 16.6. The first-order chi connectivity index (χ1) is 38.3. The zero-order valence-electron chi connectivity index (χ0n) is 45.4. The maximum Gasteiger partial charge on any atom is 0.350 e. The summed E-state index contributed by atoms with van der Waals surface area (Å²) in [6.45, 7) is 6.84. The number of benzene rings is 3. The van der Waals surface area contributed by atoms with Crippen molar-refractivity contribution in [2.75, 3.05) is 13.2 Å². The molecule has 2 aliphatic heterocycles. The predicted octanol–water partition coefficient (Wildman–Crippen LogP) is 1.37. The maximum absolute atomic E-state index is 15.8. The molecular weight excluding hydrogens is 1060 g/mol. The molecule has 23 heteroatoms. The Morgan fingerprint density at radius 3 is 1.99 bits per heavy atom. The van der Waals surface area contributed by atoms with E-state index < -0.39 is 181 Å². The molecular formula is C58H68N2O21. The molecule has 5 aliphatic rings. The smallest absolute Gasteiger partial charge is 0.350 e. The predicted molar refractivity (Wildman–Crippen MR) is 277 cm³/mol. The first-order valence-corrected chi connectivity index (χ1v) is 26.6. The van der Waals surface area contributed by atoms with E-state index in [1.165, 1.54) is 64.1 Å². The minimum absolute atomic E-state index is 0.000183. The fourth-order valence-electron chi connectivity index (χ4n) is 12.4. The lowest BCUT2D eigenvalue weighted by Gasteiger charge is -2.67. The molecule has 2 saturated heterocycles. The van der Waals surface area contributed by atoms with Gasteiger partial charge < -0.3 is 74.4 Å². The van der Waals surface area contributed by atoms with Gasteiger partial charge in [-0.2, -0.15) is 0 Å². The van der Waals surface area contributed by atoms with Crippen LogP contribution in [0.15, 0.2) is 102 Å². The van der Waals surface area contributed by atoms with Gasteiger partial charge in [-0.1, -0.05) is 80.6 Å². The molecule has 1 unspecified atom stereocenters. The van der Waals surface area contributed by atoms with Gasteiger partial charge in [-0.25, -0.2) is 9.59 Å². The van der Waals surface area contributed by atoms with Crippen molar-refractivity contribution in [3.8, 4) is 0 Å². The molecule has 3 aromatic carbocycles. The van der Waals surface area contributed by atoms with Crippen LogP contribution in [0.3, 0.4) is 0 Å². The molecule has 23 nitrogen and oxygen atoms in total. The van der Waals surface area contributed by atoms with E-state index in [9.17, 15) is 59.4 Å². The van der Waals surface area contributed by atoms with Gasteiger partial charge in [0.1, 0.15) is 54.3 Å². The number of hydrogen-bond donors (Lipinski definition) is 8. The summed E-state index contributed by atoms with van der Waals surface area (Å²) in [6, 6.07) is 20.3. The second-order valence-corrected chi connectivity index (χ2v) is 22.0. The number of Topliss-reactive ketones (excluding diaryl/α,β-unsaturated/α-hetero) is 1. The maximum atomic E-state index is 15.8. The quantitative estimate of drug-likeness (QED) is 0.0537.